The van der Waals surface area contributed by atoms with Crippen LogP contribution in [-0.2, 0) is 29.2 Å². The van der Waals surface area contributed by atoms with E-state index in [2.05, 4.69) is 5.10 Å². The number of aromatic nitrogens is 2. The van der Waals surface area contributed by atoms with Crippen molar-refractivity contribution in [3.8, 4) is 0 Å². The second kappa shape index (κ2) is 3.47. The van der Waals surface area contributed by atoms with Gasteiger partial charge in [0.25, 0.3) is 0 Å². The van der Waals surface area contributed by atoms with Crippen LogP contribution < -0.4 is 0 Å². The lowest BCUT2D eigenvalue weighted by molar-refractivity contribution is -0.141. The average Bonchev–Trinajstić information content (AvgIpc) is 2.25. The predicted octanol–water partition coefficient (Wildman–Crippen LogP) is 1.24. The maximum atomic E-state index is 12.2. The third kappa shape index (κ3) is 3.18. The number of rotatable bonds is 2. The van der Waals surface area contributed by atoms with Crippen LogP contribution in [0.2, 0.25) is 0 Å². The van der Waals surface area contributed by atoms with Gasteiger partial charge in [0.05, 0.1) is 0 Å². The van der Waals surface area contributed by atoms with Crippen molar-refractivity contribution in [1.82, 2.24) is 9.78 Å². The fourth-order valence-corrected chi connectivity index (χ4v) is 1.65. The van der Waals surface area contributed by atoms with Crippen LogP contribution in [-0.4, -0.2) is 18.2 Å². The highest BCUT2D eigenvalue weighted by molar-refractivity contribution is 7.85. The van der Waals surface area contributed by atoms with Crippen LogP contribution in [0.15, 0.2) is 6.20 Å². The van der Waals surface area contributed by atoms with Crippen molar-refractivity contribution in [2.75, 3.05) is 0 Å². The van der Waals surface area contributed by atoms with E-state index in [1.54, 1.807) is 0 Å². The summed E-state index contributed by atoms with van der Waals surface area (Å²) in [6, 6.07) is 0. The van der Waals surface area contributed by atoms with E-state index in [9.17, 15) is 25.5 Å². The van der Waals surface area contributed by atoms with Crippen LogP contribution in [0.1, 0.15) is 11.3 Å². The molecular weight excluding hydrogens is 240 g/mol. The van der Waals surface area contributed by atoms with Crippen LogP contribution in [0, 0.1) is 0 Å². The lowest BCUT2D eigenvalue weighted by Crippen LogP contribution is -2.10. The average molecular weight is 246 g/mol. The Labute approximate surface area is 82.7 Å². The van der Waals surface area contributed by atoms with Crippen LogP contribution in [0.25, 0.3) is 0 Å². The molecule has 0 N–H and O–H groups in total. The van der Waals surface area contributed by atoms with Gasteiger partial charge in [-0.05, 0) is 0 Å². The molecule has 0 saturated carbocycles. The van der Waals surface area contributed by atoms with Gasteiger partial charge < -0.3 is 0 Å². The zero-order valence-electron chi connectivity index (χ0n) is 7.42. The van der Waals surface area contributed by atoms with E-state index >= 15 is 0 Å². The minimum Gasteiger partial charge on any atom is -0.275 e. The van der Waals surface area contributed by atoms with Crippen molar-refractivity contribution in [3.63, 3.8) is 0 Å². The lowest BCUT2D eigenvalue weighted by atomic mass is 10.3. The number of hydrogen-bond donors (Lipinski definition) is 0. The molecule has 1 heterocycles. The normalized spacial score (nSPS) is 13.1. The van der Waals surface area contributed by atoms with Gasteiger partial charge in [-0.15, -0.1) is 3.89 Å². The summed E-state index contributed by atoms with van der Waals surface area (Å²) in [6.45, 7) is 0. The van der Waals surface area contributed by atoms with Gasteiger partial charge in [-0.3, -0.25) is 4.68 Å². The smallest absolute Gasteiger partial charge is 0.275 e. The van der Waals surface area contributed by atoms with Crippen LogP contribution in [0.5, 0.6) is 0 Å². The van der Waals surface area contributed by atoms with E-state index < -0.39 is 33.4 Å². The van der Waals surface area contributed by atoms with Crippen molar-refractivity contribution in [2.45, 2.75) is 11.9 Å². The zero-order valence-corrected chi connectivity index (χ0v) is 8.23. The Hall–Kier alpha value is -1.12. The second-order valence-corrected chi connectivity index (χ2v) is 4.22. The Morgan fingerprint density at radius 2 is 2.00 bits per heavy atom. The number of halogens is 4. The largest absolute Gasteiger partial charge is 0.435 e. The molecular formula is C6H6F4N2O2S. The van der Waals surface area contributed by atoms with Gasteiger partial charge in [0.15, 0.2) is 5.69 Å². The molecule has 0 aliphatic carbocycles. The monoisotopic (exact) mass is 246 g/mol. The lowest BCUT2D eigenvalue weighted by Gasteiger charge is -2.03. The summed E-state index contributed by atoms with van der Waals surface area (Å²) in [5.74, 6) is -1.32. The quantitative estimate of drug-likeness (QED) is 0.582. The molecule has 1 rings (SSSR count). The van der Waals surface area contributed by atoms with Crippen molar-refractivity contribution in [3.05, 3.63) is 17.5 Å². The van der Waals surface area contributed by atoms with Gasteiger partial charge in [-0.1, -0.05) is 0 Å². The van der Waals surface area contributed by atoms with E-state index in [0.717, 1.165) is 10.9 Å². The molecule has 0 aliphatic rings. The molecule has 0 aliphatic heterocycles. The summed E-state index contributed by atoms with van der Waals surface area (Å²) in [5.41, 5.74) is -2.08. The third-order valence-corrected chi connectivity index (χ3v) is 2.16. The maximum absolute atomic E-state index is 12.2. The highest BCUT2D eigenvalue weighted by Crippen LogP contribution is 2.31. The Balaban J connectivity index is 3.19. The highest BCUT2D eigenvalue weighted by Gasteiger charge is 2.37. The van der Waals surface area contributed by atoms with Crippen molar-refractivity contribution < 1.29 is 25.5 Å². The number of alkyl halides is 3. The molecule has 1 aromatic rings. The predicted molar refractivity (Wildman–Crippen MR) is 41.9 cm³/mol. The molecule has 9 heteroatoms. The molecule has 0 bridgehead atoms. The molecule has 0 amide bonds. The van der Waals surface area contributed by atoms with Gasteiger partial charge in [0.2, 0.25) is 0 Å². The second-order valence-electron chi connectivity index (χ2n) is 2.86. The van der Waals surface area contributed by atoms with E-state index in [0.29, 0.717) is 0 Å². The van der Waals surface area contributed by atoms with Gasteiger partial charge in [-0.2, -0.15) is 26.7 Å². The van der Waals surface area contributed by atoms with E-state index in [1.165, 1.54) is 7.05 Å². The highest BCUT2D eigenvalue weighted by atomic mass is 32.3. The van der Waals surface area contributed by atoms with E-state index in [-0.39, 0.29) is 0 Å². The molecule has 0 atom stereocenters. The molecule has 0 unspecified atom stereocenters. The number of nitrogens with zero attached hydrogens (tertiary/aromatic N) is 2. The molecule has 15 heavy (non-hydrogen) atoms. The Morgan fingerprint density at radius 1 is 1.47 bits per heavy atom. The first kappa shape index (κ1) is 12.0. The molecule has 4 nitrogen and oxygen atoms in total. The molecule has 0 radical (unpaired) electrons. The zero-order chi connectivity index (χ0) is 11.9. The summed E-state index contributed by atoms with van der Waals surface area (Å²) in [6.07, 6.45) is -3.97. The summed E-state index contributed by atoms with van der Waals surface area (Å²) >= 11 is 0. The van der Waals surface area contributed by atoms with E-state index in [4.69, 9.17) is 0 Å². The topological polar surface area (TPSA) is 52.0 Å². The summed E-state index contributed by atoms with van der Waals surface area (Å²) in [7, 11) is -3.82. The van der Waals surface area contributed by atoms with Crippen molar-refractivity contribution >= 4 is 10.2 Å². The molecule has 1 aromatic heterocycles. The maximum Gasteiger partial charge on any atom is 0.435 e. The Morgan fingerprint density at radius 3 is 2.40 bits per heavy atom. The molecule has 0 fully saturated rings. The first-order chi connectivity index (χ1) is 6.59. The number of hydrogen-bond acceptors (Lipinski definition) is 3. The minimum absolute atomic E-state index is 0.701. The Bertz CT molecular complexity index is 462. The summed E-state index contributed by atoms with van der Waals surface area (Å²) in [4.78, 5) is 0. The molecule has 0 saturated heterocycles. The third-order valence-electron chi connectivity index (χ3n) is 1.50. The molecule has 0 spiro atoms. The standard InChI is InChI=1S/C6H6F4N2O2S/c1-12-2-4(3-15(10,13)14)5(11-12)6(7,8)9/h2H,3H2,1H3. The first-order valence-electron chi connectivity index (χ1n) is 3.61. The van der Waals surface area contributed by atoms with Crippen molar-refractivity contribution in [2.24, 2.45) is 7.05 Å². The fourth-order valence-electron chi connectivity index (χ4n) is 1.07. The van der Waals surface area contributed by atoms with Crippen LogP contribution >= 0.6 is 0 Å². The Kier molecular flexibility index (Phi) is 2.77. The summed E-state index contributed by atoms with van der Waals surface area (Å²) < 4.78 is 70.2. The van der Waals surface area contributed by atoms with Crippen LogP contribution in [0.4, 0.5) is 17.1 Å². The van der Waals surface area contributed by atoms with Gasteiger partial charge in [0, 0.05) is 18.8 Å². The van der Waals surface area contributed by atoms with Gasteiger partial charge in [0.1, 0.15) is 5.75 Å². The number of aryl methyl sites for hydroxylation is 1. The SMILES string of the molecule is Cn1cc(CS(=O)(=O)F)c(C(F)(F)F)n1. The van der Waals surface area contributed by atoms with Gasteiger partial charge >= 0.3 is 16.4 Å². The minimum atomic E-state index is -5.00. The van der Waals surface area contributed by atoms with Gasteiger partial charge in [-0.25, -0.2) is 0 Å². The first-order valence-corrected chi connectivity index (χ1v) is 5.17. The molecule has 0 aromatic carbocycles. The fraction of sp³-hybridized carbons (Fsp3) is 0.500. The van der Waals surface area contributed by atoms with E-state index in [1.807, 2.05) is 0 Å². The summed E-state index contributed by atoms with van der Waals surface area (Å²) in [5, 5.41) is 3.03. The molecule has 86 valence electrons. The van der Waals surface area contributed by atoms with Crippen molar-refractivity contribution in [1.29, 1.82) is 0 Å². The van der Waals surface area contributed by atoms with Crippen LogP contribution in [0.3, 0.4) is 0 Å².